The van der Waals surface area contributed by atoms with Gasteiger partial charge in [-0.1, -0.05) is 11.6 Å². The molecule has 4 nitrogen and oxygen atoms in total. The van der Waals surface area contributed by atoms with E-state index < -0.39 is 0 Å². The first-order valence-electron chi connectivity index (χ1n) is 3.73. The van der Waals surface area contributed by atoms with Gasteiger partial charge in [0.25, 0.3) is 0 Å². The zero-order valence-electron chi connectivity index (χ0n) is 6.98. The number of aryl methyl sites for hydroxylation is 1. The highest BCUT2D eigenvalue weighted by Gasteiger charge is 2.02. The fraction of sp³-hybridized carbons (Fsp3) is 0.125. The van der Waals surface area contributed by atoms with Gasteiger partial charge in [0.05, 0.1) is 23.1 Å². The first-order chi connectivity index (χ1) is 6.25. The van der Waals surface area contributed by atoms with Gasteiger partial charge in [-0.15, -0.1) is 0 Å². The van der Waals surface area contributed by atoms with E-state index >= 15 is 0 Å². The lowest BCUT2D eigenvalue weighted by Gasteiger charge is -1.93. The third-order valence-electron chi connectivity index (χ3n) is 1.62. The topological polar surface area (TPSA) is 43.6 Å². The number of rotatable bonds is 1. The highest BCUT2D eigenvalue weighted by atomic mass is 35.5. The summed E-state index contributed by atoms with van der Waals surface area (Å²) in [5, 5.41) is 12.3. The third kappa shape index (κ3) is 1.67. The summed E-state index contributed by atoms with van der Waals surface area (Å²) in [7, 11) is 1.85. The lowest BCUT2D eigenvalue weighted by molar-refractivity contribution is 0.768. The van der Waals surface area contributed by atoms with Crippen LogP contribution in [0.25, 0.3) is 11.3 Å². The number of halogens is 1. The molecule has 2 aromatic rings. The van der Waals surface area contributed by atoms with Gasteiger partial charge in [-0.3, -0.25) is 4.68 Å². The van der Waals surface area contributed by atoms with Gasteiger partial charge in [-0.2, -0.15) is 15.3 Å². The molecule has 2 heterocycles. The van der Waals surface area contributed by atoms with Crippen LogP contribution < -0.4 is 0 Å². The van der Waals surface area contributed by atoms with Gasteiger partial charge in [0, 0.05) is 18.8 Å². The van der Waals surface area contributed by atoms with Crippen LogP contribution in [0.3, 0.4) is 0 Å². The molecule has 0 N–H and O–H groups in total. The monoisotopic (exact) mass is 194 g/mol. The van der Waals surface area contributed by atoms with Crippen molar-refractivity contribution in [3.63, 3.8) is 0 Å². The van der Waals surface area contributed by atoms with Crippen LogP contribution in [0.15, 0.2) is 24.7 Å². The molecule has 0 aliphatic rings. The van der Waals surface area contributed by atoms with Crippen molar-refractivity contribution >= 4 is 11.6 Å². The summed E-state index contributed by atoms with van der Waals surface area (Å²) < 4.78 is 1.71. The minimum Gasteiger partial charge on any atom is -0.275 e. The Hall–Kier alpha value is -1.42. The Bertz CT molecular complexity index is 424. The molecule has 0 fully saturated rings. The smallest absolute Gasteiger partial charge is 0.0976 e. The fourth-order valence-corrected chi connectivity index (χ4v) is 1.18. The molecule has 2 rings (SSSR count). The molecule has 0 radical (unpaired) electrons. The average Bonchev–Trinajstić information content (AvgIpc) is 2.52. The van der Waals surface area contributed by atoms with E-state index in [0.717, 1.165) is 11.3 Å². The molecule has 0 aromatic carbocycles. The van der Waals surface area contributed by atoms with Crippen LogP contribution in [0.1, 0.15) is 0 Å². The van der Waals surface area contributed by atoms with Gasteiger partial charge in [0.2, 0.25) is 0 Å². The van der Waals surface area contributed by atoms with Crippen LogP contribution in [-0.4, -0.2) is 20.0 Å². The van der Waals surface area contributed by atoms with Gasteiger partial charge < -0.3 is 0 Å². The van der Waals surface area contributed by atoms with Crippen molar-refractivity contribution in [1.82, 2.24) is 20.0 Å². The van der Waals surface area contributed by atoms with E-state index in [2.05, 4.69) is 15.3 Å². The lowest BCUT2D eigenvalue weighted by Crippen LogP contribution is -1.86. The van der Waals surface area contributed by atoms with E-state index in [9.17, 15) is 0 Å². The number of nitrogens with zero attached hydrogens (tertiary/aromatic N) is 4. The van der Waals surface area contributed by atoms with Gasteiger partial charge in [0.1, 0.15) is 0 Å². The molecule has 5 heteroatoms. The maximum atomic E-state index is 5.77. The maximum absolute atomic E-state index is 5.77. The normalized spacial score (nSPS) is 10.3. The predicted molar refractivity (Wildman–Crippen MR) is 49.2 cm³/mol. The van der Waals surface area contributed by atoms with E-state index in [0.29, 0.717) is 5.02 Å². The van der Waals surface area contributed by atoms with Crippen LogP contribution in [0.5, 0.6) is 0 Å². The van der Waals surface area contributed by atoms with Crippen molar-refractivity contribution in [2.45, 2.75) is 0 Å². The second-order valence-corrected chi connectivity index (χ2v) is 3.10. The molecule has 66 valence electrons. The Morgan fingerprint density at radius 1 is 1.38 bits per heavy atom. The van der Waals surface area contributed by atoms with Crippen molar-refractivity contribution in [2.24, 2.45) is 7.05 Å². The van der Waals surface area contributed by atoms with Gasteiger partial charge >= 0.3 is 0 Å². The number of hydrogen-bond acceptors (Lipinski definition) is 3. The van der Waals surface area contributed by atoms with E-state index in [-0.39, 0.29) is 0 Å². The molecule has 0 saturated carbocycles. The lowest BCUT2D eigenvalue weighted by atomic mass is 10.2. The highest BCUT2D eigenvalue weighted by Crippen LogP contribution is 2.17. The molecule has 0 atom stereocenters. The summed E-state index contributed by atoms with van der Waals surface area (Å²) in [4.78, 5) is 0. The van der Waals surface area contributed by atoms with E-state index in [4.69, 9.17) is 11.6 Å². The second-order valence-electron chi connectivity index (χ2n) is 2.66. The predicted octanol–water partition coefficient (Wildman–Crippen LogP) is 1.53. The van der Waals surface area contributed by atoms with Crippen molar-refractivity contribution in [2.75, 3.05) is 0 Å². The summed E-state index contributed by atoms with van der Waals surface area (Å²) in [6.45, 7) is 0. The summed E-state index contributed by atoms with van der Waals surface area (Å²) in [6.07, 6.45) is 5.09. The molecule has 0 saturated heterocycles. The third-order valence-corrected chi connectivity index (χ3v) is 1.83. The first kappa shape index (κ1) is 8.19. The molecule has 2 aromatic heterocycles. The molecule has 0 aliphatic heterocycles. The Balaban J connectivity index is 2.46. The quantitative estimate of drug-likeness (QED) is 0.692. The molecule has 13 heavy (non-hydrogen) atoms. The van der Waals surface area contributed by atoms with Crippen molar-refractivity contribution in [1.29, 1.82) is 0 Å². The Morgan fingerprint density at radius 2 is 2.23 bits per heavy atom. The zero-order chi connectivity index (χ0) is 9.26. The standard InChI is InChI=1S/C8H7ClN4/c1-13-5-6(3-11-13)8-2-7(9)4-10-12-8/h2-5H,1H3. The zero-order valence-corrected chi connectivity index (χ0v) is 7.73. The van der Waals surface area contributed by atoms with Crippen LogP contribution >= 0.6 is 11.6 Å². The maximum Gasteiger partial charge on any atom is 0.0976 e. The molecule has 0 amide bonds. The first-order valence-corrected chi connectivity index (χ1v) is 4.11. The summed E-state index contributed by atoms with van der Waals surface area (Å²) in [5.41, 5.74) is 1.65. The molecule has 0 spiro atoms. The van der Waals surface area contributed by atoms with E-state index in [1.54, 1.807) is 16.9 Å². The van der Waals surface area contributed by atoms with Crippen molar-refractivity contribution in [3.05, 3.63) is 29.7 Å². The fourth-order valence-electron chi connectivity index (χ4n) is 1.04. The number of aromatic nitrogens is 4. The van der Waals surface area contributed by atoms with Gasteiger partial charge in [0.15, 0.2) is 0 Å². The van der Waals surface area contributed by atoms with Crippen LogP contribution in [0, 0.1) is 0 Å². The van der Waals surface area contributed by atoms with E-state index in [1.165, 1.54) is 6.20 Å². The Kier molecular flexibility index (Phi) is 1.98. The van der Waals surface area contributed by atoms with Crippen LogP contribution in [-0.2, 0) is 7.05 Å². The van der Waals surface area contributed by atoms with Crippen molar-refractivity contribution in [3.8, 4) is 11.3 Å². The van der Waals surface area contributed by atoms with Gasteiger partial charge in [-0.25, -0.2) is 0 Å². The SMILES string of the molecule is Cn1cc(-c2cc(Cl)cnn2)cn1. The summed E-state index contributed by atoms with van der Waals surface area (Å²) in [5.74, 6) is 0. The second kappa shape index (κ2) is 3.14. The number of hydrogen-bond donors (Lipinski definition) is 0. The minimum atomic E-state index is 0.578. The summed E-state index contributed by atoms with van der Waals surface area (Å²) in [6, 6.07) is 1.76. The molecule has 0 bridgehead atoms. The Labute approximate surface area is 80.2 Å². The molecule has 0 aliphatic carbocycles. The largest absolute Gasteiger partial charge is 0.275 e. The van der Waals surface area contributed by atoms with Gasteiger partial charge in [-0.05, 0) is 6.07 Å². The average molecular weight is 195 g/mol. The minimum absolute atomic E-state index is 0.578. The highest BCUT2D eigenvalue weighted by molar-refractivity contribution is 6.30. The molecular weight excluding hydrogens is 188 g/mol. The summed E-state index contributed by atoms with van der Waals surface area (Å²) >= 11 is 5.77. The Morgan fingerprint density at radius 3 is 2.85 bits per heavy atom. The molecule has 0 unspecified atom stereocenters. The van der Waals surface area contributed by atoms with Crippen LogP contribution in [0.4, 0.5) is 0 Å². The van der Waals surface area contributed by atoms with Crippen molar-refractivity contribution < 1.29 is 0 Å². The molecular formula is C8H7ClN4. The van der Waals surface area contributed by atoms with E-state index in [1.807, 2.05) is 13.2 Å². The van der Waals surface area contributed by atoms with Crippen LogP contribution in [0.2, 0.25) is 5.02 Å².